The van der Waals surface area contributed by atoms with E-state index in [-0.39, 0.29) is 5.78 Å². The Labute approximate surface area is 99.8 Å². The van der Waals surface area contributed by atoms with Crippen LogP contribution in [0.3, 0.4) is 0 Å². The molecule has 0 N–H and O–H groups in total. The molecule has 2 nitrogen and oxygen atoms in total. The molecule has 82 valence electrons. The largest absolute Gasteiger partial charge is 0.297 e. The van der Waals surface area contributed by atoms with Gasteiger partial charge in [0.05, 0.1) is 11.6 Å². The maximum Gasteiger partial charge on any atom is 0.158 e. The molecule has 0 spiro atoms. The van der Waals surface area contributed by atoms with Crippen LogP contribution in [0.15, 0.2) is 24.3 Å². The van der Waals surface area contributed by atoms with Gasteiger partial charge in [0.25, 0.3) is 0 Å². The van der Waals surface area contributed by atoms with E-state index >= 15 is 0 Å². The number of hydrogen-bond donors (Lipinski definition) is 0. The number of alkyl halides is 1. The Kier molecular flexibility index (Phi) is 2.98. The van der Waals surface area contributed by atoms with Crippen LogP contribution in [0.2, 0.25) is 0 Å². The van der Waals surface area contributed by atoms with Gasteiger partial charge in [0.2, 0.25) is 0 Å². The molecule has 16 heavy (non-hydrogen) atoms. The molecule has 0 heterocycles. The van der Waals surface area contributed by atoms with Gasteiger partial charge in [-0.1, -0.05) is 18.6 Å². The van der Waals surface area contributed by atoms with Gasteiger partial charge in [-0.2, -0.15) is 5.26 Å². The molecule has 3 heteroatoms. The third-order valence-electron chi connectivity index (χ3n) is 3.09. The molecule has 0 aromatic heterocycles. The zero-order valence-corrected chi connectivity index (χ0v) is 9.63. The lowest BCUT2D eigenvalue weighted by Gasteiger charge is -2.29. The number of hydrogen-bond acceptors (Lipinski definition) is 2. The monoisotopic (exact) mass is 233 g/mol. The second kappa shape index (κ2) is 4.27. The molecular formula is C13H12ClNO. The van der Waals surface area contributed by atoms with E-state index in [0.29, 0.717) is 18.4 Å². The highest BCUT2D eigenvalue weighted by atomic mass is 35.5. The van der Waals surface area contributed by atoms with Crippen LogP contribution < -0.4 is 0 Å². The van der Waals surface area contributed by atoms with Crippen molar-refractivity contribution in [3.63, 3.8) is 0 Å². The van der Waals surface area contributed by atoms with Gasteiger partial charge in [0, 0.05) is 6.42 Å². The first kappa shape index (κ1) is 11.2. The van der Waals surface area contributed by atoms with Crippen LogP contribution in [0, 0.1) is 11.3 Å². The van der Waals surface area contributed by atoms with Crippen molar-refractivity contribution in [2.24, 2.45) is 0 Å². The predicted octanol–water partition coefficient (Wildman–Crippen LogP) is 3.14. The van der Waals surface area contributed by atoms with Crippen molar-refractivity contribution in [2.45, 2.75) is 30.6 Å². The van der Waals surface area contributed by atoms with Crippen molar-refractivity contribution in [2.75, 3.05) is 0 Å². The fourth-order valence-corrected chi connectivity index (χ4v) is 2.46. The molecular weight excluding hydrogens is 222 g/mol. The molecule has 0 bridgehead atoms. The highest BCUT2D eigenvalue weighted by Crippen LogP contribution is 2.40. The number of ketones is 1. The van der Waals surface area contributed by atoms with E-state index in [4.69, 9.17) is 16.9 Å². The summed E-state index contributed by atoms with van der Waals surface area (Å²) in [6, 6.07) is 9.05. The highest BCUT2D eigenvalue weighted by Gasteiger charge is 2.39. The number of halogens is 1. The standard InChI is InChI=1S/C13H12ClNO/c14-13(8-2-1-3-12(13)16)11-6-4-10(9-15)5-7-11/h4-7H,1-3,8H2. The first-order valence-electron chi connectivity index (χ1n) is 5.40. The van der Waals surface area contributed by atoms with Crippen LogP contribution in [0.25, 0.3) is 0 Å². The first-order valence-corrected chi connectivity index (χ1v) is 5.77. The number of carbonyl (C=O) groups excluding carboxylic acids is 1. The molecule has 1 saturated carbocycles. The van der Waals surface area contributed by atoms with Gasteiger partial charge in [0.15, 0.2) is 5.78 Å². The molecule has 0 amide bonds. The van der Waals surface area contributed by atoms with Gasteiger partial charge < -0.3 is 0 Å². The van der Waals surface area contributed by atoms with E-state index < -0.39 is 4.87 Å². The van der Waals surface area contributed by atoms with Crippen LogP contribution in [-0.2, 0) is 9.67 Å². The molecule has 1 atom stereocenters. The van der Waals surface area contributed by atoms with Crippen molar-refractivity contribution in [3.05, 3.63) is 35.4 Å². The molecule has 0 aliphatic heterocycles. The Morgan fingerprint density at radius 2 is 1.94 bits per heavy atom. The van der Waals surface area contributed by atoms with Gasteiger partial charge in [-0.3, -0.25) is 4.79 Å². The van der Waals surface area contributed by atoms with Gasteiger partial charge in [-0.15, -0.1) is 11.6 Å². The summed E-state index contributed by atoms with van der Waals surface area (Å²) in [6.45, 7) is 0. The van der Waals surface area contributed by atoms with Crippen molar-refractivity contribution < 1.29 is 4.79 Å². The summed E-state index contributed by atoms with van der Waals surface area (Å²) < 4.78 is 0. The number of Topliss-reactive ketones (excluding diaryl/α,β-unsaturated/α-hetero) is 1. The van der Waals surface area contributed by atoms with Crippen LogP contribution in [0.1, 0.15) is 36.8 Å². The smallest absolute Gasteiger partial charge is 0.158 e. The minimum atomic E-state index is -0.855. The van der Waals surface area contributed by atoms with Gasteiger partial charge in [0.1, 0.15) is 4.87 Å². The second-order valence-corrected chi connectivity index (χ2v) is 4.77. The first-order chi connectivity index (χ1) is 7.66. The fraction of sp³-hybridized carbons (Fsp3) is 0.385. The summed E-state index contributed by atoms with van der Waals surface area (Å²) in [6.07, 6.45) is 3.17. The Morgan fingerprint density at radius 3 is 2.50 bits per heavy atom. The van der Waals surface area contributed by atoms with E-state index in [1.807, 2.05) is 0 Å². The highest BCUT2D eigenvalue weighted by molar-refractivity contribution is 6.35. The quantitative estimate of drug-likeness (QED) is 0.700. The Bertz CT molecular complexity index is 446. The van der Waals surface area contributed by atoms with E-state index in [1.165, 1.54) is 0 Å². The maximum absolute atomic E-state index is 11.9. The Morgan fingerprint density at radius 1 is 1.25 bits per heavy atom. The second-order valence-electron chi connectivity index (χ2n) is 4.12. The lowest BCUT2D eigenvalue weighted by Crippen LogP contribution is -2.32. The van der Waals surface area contributed by atoms with Crippen LogP contribution >= 0.6 is 11.6 Å². The summed E-state index contributed by atoms with van der Waals surface area (Å²) in [4.78, 5) is 11.0. The van der Waals surface area contributed by atoms with E-state index in [0.717, 1.165) is 18.4 Å². The number of benzene rings is 1. The summed E-state index contributed by atoms with van der Waals surface area (Å²) in [5, 5.41) is 8.71. The summed E-state index contributed by atoms with van der Waals surface area (Å²) >= 11 is 6.41. The summed E-state index contributed by atoms with van der Waals surface area (Å²) in [5.74, 6) is 0.102. The van der Waals surface area contributed by atoms with Crippen LogP contribution in [-0.4, -0.2) is 5.78 Å². The molecule has 1 unspecified atom stereocenters. The van der Waals surface area contributed by atoms with Crippen molar-refractivity contribution in [1.29, 1.82) is 5.26 Å². The third-order valence-corrected chi connectivity index (χ3v) is 3.71. The SMILES string of the molecule is N#Cc1ccc(C2(Cl)CCCCC2=O)cc1. The lowest BCUT2D eigenvalue weighted by molar-refractivity contribution is -0.123. The zero-order chi connectivity index (χ0) is 11.6. The molecule has 2 rings (SSSR count). The van der Waals surface area contributed by atoms with E-state index in [1.54, 1.807) is 24.3 Å². The summed E-state index contributed by atoms with van der Waals surface area (Å²) in [5.41, 5.74) is 1.41. The average molecular weight is 234 g/mol. The zero-order valence-electron chi connectivity index (χ0n) is 8.87. The predicted molar refractivity (Wildman–Crippen MR) is 62.2 cm³/mol. The number of nitrogens with zero attached hydrogens (tertiary/aromatic N) is 1. The normalized spacial score (nSPS) is 25.1. The van der Waals surface area contributed by atoms with Crippen molar-refractivity contribution in [3.8, 4) is 6.07 Å². The summed E-state index contributed by atoms with van der Waals surface area (Å²) in [7, 11) is 0. The Hall–Kier alpha value is -1.33. The van der Waals surface area contributed by atoms with Crippen LogP contribution in [0.5, 0.6) is 0 Å². The van der Waals surface area contributed by atoms with Gasteiger partial charge >= 0.3 is 0 Å². The molecule has 1 aliphatic rings. The molecule has 1 aromatic rings. The Balaban J connectivity index is 2.35. The minimum absolute atomic E-state index is 0.102. The van der Waals surface area contributed by atoms with E-state index in [9.17, 15) is 4.79 Å². The molecule has 1 fully saturated rings. The third kappa shape index (κ3) is 1.83. The van der Waals surface area contributed by atoms with Crippen molar-refractivity contribution >= 4 is 17.4 Å². The van der Waals surface area contributed by atoms with Gasteiger partial charge in [-0.05, 0) is 30.5 Å². The lowest BCUT2D eigenvalue weighted by atomic mass is 9.82. The molecule has 0 radical (unpaired) electrons. The van der Waals surface area contributed by atoms with Crippen molar-refractivity contribution in [1.82, 2.24) is 0 Å². The average Bonchev–Trinajstić information content (AvgIpc) is 2.33. The fourth-order valence-electron chi connectivity index (χ4n) is 2.11. The molecule has 0 saturated heterocycles. The van der Waals surface area contributed by atoms with E-state index in [2.05, 4.69) is 6.07 Å². The molecule has 1 aromatic carbocycles. The number of nitriles is 1. The van der Waals surface area contributed by atoms with Gasteiger partial charge in [-0.25, -0.2) is 0 Å². The maximum atomic E-state index is 11.9. The minimum Gasteiger partial charge on any atom is -0.297 e. The number of rotatable bonds is 1. The number of carbonyl (C=O) groups is 1. The molecule has 1 aliphatic carbocycles. The topological polar surface area (TPSA) is 40.9 Å². The van der Waals surface area contributed by atoms with Crippen LogP contribution in [0.4, 0.5) is 0 Å².